The highest BCUT2D eigenvalue weighted by Gasteiger charge is 2.21. The summed E-state index contributed by atoms with van der Waals surface area (Å²) in [5, 5.41) is 25.5. The minimum atomic E-state index is -1.01. The van der Waals surface area contributed by atoms with Gasteiger partial charge in [0.1, 0.15) is 0 Å². The number of hydrogen-bond donors (Lipinski definition) is 4. The van der Waals surface area contributed by atoms with Gasteiger partial charge in [0.15, 0.2) is 0 Å². The lowest BCUT2D eigenvalue weighted by Crippen LogP contribution is -2.45. The van der Waals surface area contributed by atoms with Crippen LogP contribution in [-0.4, -0.2) is 47.6 Å². The average Bonchev–Trinajstić information content (AvgIpc) is 2.55. The van der Waals surface area contributed by atoms with Crippen LogP contribution in [0.4, 0.5) is 0 Å². The number of hydrogen-bond acceptors (Lipinski definition) is 4. The summed E-state index contributed by atoms with van der Waals surface area (Å²) in [4.78, 5) is 0. The number of aliphatic hydroxyl groups excluding tert-OH is 1. The molecule has 0 aromatic heterocycles. The van der Waals surface area contributed by atoms with Gasteiger partial charge in [-0.3, -0.25) is 0 Å². The van der Waals surface area contributed by atoms with E-state index in [1.807, 2.05) is 0 Å². The Kier molecular flexibility index (Phi) is 6.41. The summed E-state index contributed by atoms with van der Waals surface area (Å²) < 4.78 is 0. The molecule has 0 aromatic carbocycles. The summed E-state index contributed by atoms with van der Waals surface area (Å²) >= 11 is 0. The first-order valence-corrected chi connectivity index (χ1v) is 6.83. The fourth-order valence-electron chi connectivity index (χ4n) is 2.26. The Morgan fingerprint density at radius 2 is 2.18 bits per heavy atom. The SMILES string of the molecule is CC(CC1CCCCCN1)NCC(C)(O)CO. The van der Waals surface area contributed by atoms with E-state index >= 15 is 0 Å². The Bertz CT molecular complexity index is 202. The van der Waals surface area contributed by atoms with Crippen molar-refractivity contribution in [3.63, 3.8) is 0 Å². The zero-order valence-corrected chi connectivity index (χ0v) is 11.2. The van der Waals surface area contributed by atoms with Gasteiger partial charge >= 0.3 is 0 Å². The maximum Gasteiger partial charge on any atom is 0.0972 e. The van der Waals surface area contributed by atoms with Gasteiger partial charge in [-0.2, -0.15) is 0 Å². The molecule has 0 aliphatic carbocycles. The molecule has 0 saturated carbocycles. The Labute approximate surface area is 105 Å². The van der Waals surface area contributed by atoms with E-state index in [1.54, 1.807) is 6.92 Å². The van der Waals surface area contributed by atoms with E-state index in [1.165, 1.54) is 25.7 Å². The van der Waals surface area contributed by atoms with Crippen LogP contribution in [0.3, 0.4) is 0 Å². The van der Waals surface area contributed by atoms with Crippen molar-refractivity contribution in [1.82, 2.24) is 10.6 Å². The van der Waals surface area contributed by atoms with Crippen molar-refractivity contribution in [1.29, 1.82) is 0 Å². The van der Waals surface area contributed by atoms with Crippen LogP contribution in [0.2, 0.25) is 0 Å². The van der Waals surface area contributed by atoms with Crippen molar-refractivity contribution in [2.24, 2.45) is 0 Å². The summed E-state index contributed by atoms with van der Waals surface area (Å²) in [6.45, 7) is 5.16. The highest BCUT2D eigenvalue weighted by molar-refractivity contribution is 4.80. The van der Waals surface area contributed by atoms with Gasteiger partial charge in [-0.15, -0.1) is 0 Å². The van der Waals surface area contributed by atoms with Gasteiger partial charge in [-0.05, 0) is 39.7 Å². The summed E-state index contributed by atoms with van der Waals surface area (Å²) in [6.07, 6.45) is 6.28. The molecule has 3 unspecified atom stereocenters. The monoisotopic (exact) mass is 244 g/mol. The first-order valence-electron chi connectivity index (χ1n) is 6.83. The molecule has 102 valence electrons. The predicted octanol–water partition coefficient (Wildman–Crippen LogP) is 0.630. The van der Waals surface area contributed by atoms with Crippen molar-refractivity contribution < 1.29 is 10.2 Å². The third kappa shape index (κ3) is 6.36. The molecule has 1 fully saturated rings. The molecule has 1 rings (SSSR count). The molecule has 0 amide bonds. The third-order valence-electron chi connectivity index (χ3n) is 3.47. The molecule has 17 heavy (non-hydrogen) atoms. The molecular weight excluding hydrogens is 216 g/mol. The third-order valence-corrected chi connectivity index (χ3v) is 3.47. The van der Waals surface area contributed by atoms with E-state index < -0.39 is 5.60 Å². The van der Waals surface area contributed by atoms with Crippen LogP contribution >= 0.6 is 0 Å². The van der Waals surface area contributed by atoms with Gasteiger partial charge in [0.2, 0.25) is 0 Å². The molecule has 4 nitrogen and oxygen atoms in total. The van der Waals surface area contributed by atoms with Gasteiger partial charge in [-0.1, -0.05) is 12.8 Å². The Morgan fingerprint density at radius 3 is 2.88 bits per heavy atom. The van der Waals surface area contributed by atoms with Gasteiger partial charge in [-0.25, -0.2) is 0 Å². The number of nitrogens with one attached hydrogen (secondary N) is 2. The smallest absolute Gasteiger partial charge is 0.0972 e. The predicted molar refractivity (Wildman–Crippen MR) is 70.1 cm³/mol. The molecule has 1 aliphatic heterocycles. The van der Waals surface area contributed by atoms with Crippen molar-refractivity contribution in [3.8, 4) is 0 Å². The summed E-state index contributed by atoms with van der Waals surface area (Å²) in [6, 6.07) is 0.961. The molecule has 4 N–H and O–H groups in total. The standard InChI is InChI=1S/C13H28N2O2/c1-11(15-9-13(2,17)10-16)8-12-6-4-3-5-7-14-12/h11-12,14-17H,3-10H2,1-2H3. The van der Waals surface area contributed by atoms with E-state index in [0.717, 1.165) is 13.0 Å². The van der Waals surface area contributed by atoms with Crippen LogP contribution in [0.25, 0.3) is 0 Å². The second-order valence-electron chi connectivity index (χ2n) is 5.67. The van der Waals surface area contributed by atoms with Crippen LogP contribution in [0.5, 0.6) is 0 Å². The molecule has 1 aliphatic rings. The molecule has 0 radical (unpaired) electrons. The topological polar surface area (TPSA) is 64.5 Å². The van der Waals surface area contributed by atoms with Crippen molar-refractivity contribution in [2.45, 2.75) is 63.6 Å². The average molecular weight is 244 g/mol. The lowest BCUT2D eigenvalue weighted by Gasteiger charge is -2.26. The number of rotatable bonds is 6. The zero-order chi connectivity index (χ0) is 12.7. The molecule has 4 heteroatoms. The lowest BCUT2D eigenvalue weighted by molar-refractivity contribution is 0.000736. The van der Waals surface area contributed by atoms with Crippen LogP contribution in [0.15, 0.2) is 0 Å². The van der Waals surface area contributed by atoms with Gasteiger partial charge < -0.3 is 20.8 Å². The second kappa shape index (κ2) is 7.31. The van der Waals surface area contributed by atoms with Crippen LogP contribution in [0, 0.1) is 0 Å². The lowest BCUT2D eigenvalue weighted by atomic mass is 10.0. The van der Waals surface area contributed by atoms with E-state index in [-0.39, 0.29) is 6.61 Å². The molecule has 0 bridgehead atoms. The van der Waals surface area contributed by atoms with Crippen molar-refractivity contribution in [2.75, 3.05) is 19.7 Å². The van der Waals surface area contributed by atoms with Gasteiger partial charge in [0, 0.05) is 18.6 Å². The number of aliphatic hydroxyl groups is 2. The van der Waals surface area contributed by atoms with E-state index in [4.69, 9.17) is 5.11 Å². The summed E-state index contributed by atoms with van der Waals surface area (Å²) in [7, 11) is 0. The summed E-state index contributed by atoms with van der Waals surface area (Å²) in [5.41, 5.74) is -1.01. The van der Waals surface area contributed by atoms with Crippen LogP contribution < -0.4 is 10.6 Å². The molecule has 0 spiro atoms. The fourth-order valence-corrected chi connectivity index (χ4v) is 2.26. The maximum atomic E-state index is 9.69. The largest absolute Gasteiger partial charge is 0.393 e. The normalized spacial score (nSPS) is 27.2. The first kappa shape index (κ1) is 14.9. The Morgan fingerprint density at radius 1 is 1.41 bits per heavy atom. The first-order chi connectivity index (χ1) is 8.03. The highest BCUT2D eigenvalue weighted by atomic mass is 16.3. The van der Waals surface area contributed by atoms with E-state index in [0.29, 0.717) is 18.6 Å². The minimum absolute atomic E-state index is 0.200. The molecular formula is C13H28N2O2. The van der Waals surface area contributed by atoms with Crippen molar-refractivity contribution in [3.05, 3.63) is 0 Å². The second-order valence-corrected chi connectivity index (χ2v) is 5.67. The van der Waals surface area contributed by atoms with Crippen LogP contribution in [0.1, 0.15) is 46.0 Å². The fraction of sp³-hybridized carbons (Fsp3) is 1.00. The molecule has 3 atom stereocenters. The summed E-state index contributed by atoms with van der Waals surface area (Å²) in [5.74, 6) is 0. The quantitative estimate of drug-likeness (QED) is 0.553. The maximum absolute atomic E-state index is 9.69. The van der Waals surface area contributed by atoms with E-state index in [2.05, 4.69) is 17.6 Å². The highest BCUT2D eigenvalue weighted by Crippen LogP contribution is 2.12. The van der Waals surface area contributed by atoms with Gasteiger partial charge in [0.05, 0.1) is 12.2 Å². The molecule has 1 saturated heterocycles. The Hall–Kier alpha value is -0.160. The van der Waals surface area contributed by atoms with E-state index in [9.17, 15) is 5.11 Å². The van der Waals surface area contributed by atoms with Crippen LogP contribution in [-0.2, 0) is 0 Å². The molecule has 1 heterocycles. The minimum Gasteiger partial charge on any atom is -0.393 e. The van der Waals surface area contributed by atoms with Gasteiger partial charge in [0.25, 0.3) is 0 Å². The van der Waals surface area contributed by atoms with Crippen molar-refractivity contribution >= 4 is 0 Å². The zero-order valence-electron chi connectivity index (χ0n) is 11.2. The molecule has 0 aromatic rings. The Balaban J connectivity index is 2.21.